The number of nitrogens with one attached hydrogen (secondary N) is 1. The second-order valence-electron chi connectivity index (χ2n) is 8.91. The Labute approximate surface area is 143 Å². The Morgan fingerprint density at radius 3 is 2.22 bits per heavy atom. The van der Waals surface area contributed by atoms with E-state index < -0.39 is 17.0 Å². The van der Waals surface area contributed by atoms with Gasteiger partial charge in [0.25, 0.3) is 0 Å². The summed E-state index contributed by atoms with van der Waals surface area (Å²) in [6, 6.07) is 0.236. The number of rotatable bonds is 3. The zero-order chi connectivity index (χ0) is 17.6. The molecule has 23 heavy (non-hydrogen) atoms. The molecule has 2 atom stereocenters. The molecule has 0 aromatic rings. The Hall–Kier alpha value is -0.460. The van der Waals surface area contributed by atoms with Gasteiger partial charge in [-0.2, -0.15) is 0 Å². The van der Waals surface area contributed by atoms with Gasteiger partial charge < -0.3 is 9.29 Å². The lowest BCUT2D eigenvalue weighted by Gasteiger charge is -2.41. The molecule has 2 fully saturated rings. The number of carbonyl (C=O) groups is 1. The molecule has 5 nitrogen and oxygen atoms in total. The van der Waals surface area contributed by atoms with Gasteiger partial charge in [-0.3, -0.25) is 4.90 Å². The van der Waals surface area contributed by atoms with E-state index in [0.29, 0.717) is 0 Å². The zero-order valence-electron chi connectivity index (χ0n) is 15.6. The van der Waals surface area contributed by atoms with Crippen molar-refractivity contribution in [2.24, 2.45) is 0 Å². The standard InChI is InChI=1S/C17H32N2O3S/c1-12(18-23(21)16(5,6)7)17-10-8-13(9-11-17)19(17)14(20)22-15(2,3)4/h12-13,18H,8-11H2,1-7H3. The fourth-order valence-corrected chi connectivity index (χ4v) is 4.59. The quantitative estimate of drug-likeness (QED) is 0.797. The lowest BCUT2D eigenvalue weighted by Crippen LogP contribution is -2.60. The van der Waals surface area contributed by atoms with Gasteiger partial charge in [-0.05, 0) is 74.1 Å². The smallest absolute Gasteiger partial charge is 0.411 e. The average molecular weight is 345 g/mol. The molecular formula is C17H32N2O3S. The van der Waals surface area contributed by atoms with Crippen LogP contribution in [0, 0.1) is 0 Å². The topological polar surface area (TPSA) is 64.6 Å². The van der Waals surface area contributed by atoms with Crippen LogP contribution in [0.4, 0.5) is 4.79 Å². The minimum absolute atomic E-state index is 0.0254. The Balaban J connectivity index is 2.16. The van der Waals surface area contributed by atoms with Crippen molar-refractivity contribution < 1.29 is 14.1 Å². The summed E-state index contributed by atoms with van der Waals surface area (Å²) in [5, 5.41) is 0. The maximum Gasteiger partial charge on any atom is 0.411 e. The molecule has 0 aromatic carbocycles. The highest BCUT2D eigenvalue weighted by atomic mass is 32.2. The van der Waals surface area contributed by atoms with Crippen LogP contribution in [0.15, 0.2) is 0 Å². The van der Waals surface area contributed by atoms with Gasteiger partial charge in [-0.15, -0.1) is 4.72 Å². The SMILES string of the molecule is CC(N[S+]([O-])C(C)(C)C)C12CCC(CC1)N2C(=O)OC(C)(C)C. The first-order chi connectivity index (χ1) is 10.4. The van der Waals surface area contributed by atoms with Crippen molar-refractivity contribution >= 4 is 17.5 Å². The van der Waals surface area contributed by atoms with E-state index in [1.807, 2.05) is 46.4 Å². The van der Waals surface area contributed by atoms with Crippen LogP contribution in [0.25, 0.3) is 0 Å². The molecule has 2 bridgehead atoms. The van der Waals surface area contributed by atoms with Crippen molar-refractivity contribution in [3.8, 4) is 0 Å². The molecule has 2 heterocycles. The molecule has 0 saturated carbocycles. The average Bonchev–Trinajstić information content (AvgIpc) is 2.91. The van der Waals surface area contributed by atoms with Crippen molar-refractivity contribution in [1.82, 2.24) is 9.62 Å². The van der Waals surface area contributed by atoms with E-state index in [1.165, 1.54) is 0 Å². The van der Waals surface area contributed by atoms with E-state index in [4.69, 9.17) is 4.74 Å². The molecule has 2 aliphatic heterocycles. The molecule has 2 aliphatic rings. The van der Waals surface area contributed by atoms with E-state index in [-0.39, 0.29) is 28.5 Å². The van der Waals surface area contributed by atoms with E-state index in [0.717, 1.165) is 25.7 Å². The van der Waals surface area contributed by atoms with Gasteiger partial charge >= 0.3 is 6.09 Å². The third kappa shape index (κ3) is 3.80. The maximum atomic E-state index is 12.7. The predicted octanol–water partition coefficient (Wildman–Crippen LogP) is 3.36. The normalized spacial score (nSPS) is 30.4. The van der Waals surface area contributed by atoms with Gasteiger partial charge in [0.15, 0.2) is 0 Å². The van der Waals surface area contributed by atoms with Gasteiger partial charge in [-0.25, -0.2) is 4.79 Å². The number of fused-ring (bicyclic) bond motifs is 2. The molecule has 6 heteroatoms. The van der Waals surface area contributed by atoms with Crippen LogP contribution in [0.2, 0.25) is 0 Å². The molecule has 2 saturated heterocycles. The fourth-order valence-electron chi connectivity index (χ4n) is 3.70. The molecule has 0 aliphatic carbocycles. The van der Waals surface area contributed by atoms with E-state index in [1.54, 1.807) is 0 Å². The van der Waals surface area contributed by atoms with Crippen molar-refractivity contribution in [1.29, 1.82) is 0 Å². The number of amides is 1. The summed E-state index contributed by atoms with van der Waals surface area (Å²) < 4.78 is 21.0. The van der Waals surface area contributed by atoms with E-state index in [9.17, 15) is 9.35 Å². The maximum absolute atomic E-state index is 12.7. The summed E-state index contributed by atoms with van der Waals surface area (Å²) in [7, 11) is 0. The third-order valence-corrected chi connectivity index (χ3v) is 6.58. The number of ether oxygens (including phenoxy) is 1. The molecule has 1 N–H and O–H groups in total. The van der Waals surface area contributed by atoms with Crippen LogP contribution >= 0.6 is 0 Å². The van der Waals surface area contributed by atoms with Gasteiger partial charge in [0.1, 0.15) is 10.3 Å². The molecule has 0 aromatic heterocycles. The number of nitrogens with zero attached hydrogens (tertiary/aromatic N) is 1. The van der Waals surface area contributed by atoms with Crippen LogP contribution in [0.3, 0.4) is 0 Å². The van der Waals surface area contributed by atoms with Gasteiger partial charge in [0, 0.05) is 17.4 Å². The molecule has 2 rings (SSSR count). The minimum Gasteiger partial charge on any atom is -0.598 e. The van der Waals surface area contributed by atoms with E-state index in [2.05, 4.69) is 11.6 Å². The first-order valence-corrected chi connectivity index (χ1v) is 9.72. The first kappa shape index (κ1) is 18.9. The second kappa shape index (κ2) is 6.12. The van der Waals surface area contributed by atoms with E-state index >= 15 is 0 Å². The summed E-state index contributed by atoms with van der Waals surface area (Å²) >= 11 is -1.15. The van der Waals surface area contributed by atoms with Gasteiger partial charge in [0.05, 0.1) is 11.6 Å². The zero-order valence-corrected chi connectivity index (χ0v) is 16.4. The molecule has 1 amide bonds. The Kier molecular flexibility index (Phi) is 5.02. The largest absolute Gasteiger partial charge is 0.598 e. The molecule has 0 radical (unpaired) electrons. The van der Waals surface area contributed by atoms with Crippen LogP contribution in [-0.4, -0.2) is 43.5 Å². The first-order valence-electron chi connectivity index (χ1n) is 8.57. The monoisotopic (exact) mass is 344 g/mol. The summed E-state index contributed by atoms with van der Waals surface area (Å²) in [6.07, 6.45) is 3.69. The summed E-state index contributed by atoms with van der Waals surface area (Å²) in [5.41, 5.74) is -0.765. The van der Waals surface area contributed by atoms with Crippen LogP contribution < -0.4 is 4.72 Å². The lowest BCUT2D eigenvalue weighted by atomic mass is 9.82. The predicted molar refractivity (Wildman–Crippen MR) is 93.6 cm³/mol. The Morgan fingerprint density at radius 2 is 1.78 bits per heavy atom. The number of hydrogen-bond donors (Lipinski definition) is 1. The van der Waals surface area contributed by atoms with Crippen LogP contribution in [0.5, 0.6) is 0 Å². The summed E-state index contributed by atoms with van der Waals surface area (Å²) in [4.78, 5) is 14.7. The van der Waals surface area contributed by atoms with Crippen molar-refractivity contribution in [3.63, 3.8) is 0 Å². The Bertz CT molecular complexity index is 448. The van der Waals surface area contributed by atoms with Crippen molar-refractivity contribution in [2.45, 2.75) is 102 Å². The Morgan fingerprint density at radius 1 is 1.26 bits per heavy atom. The van der Waals surface area contributed by atoms with Crippen LogP contribution in [0.1, 0.15) is 74.1 Å². The fraction of sp³-hybridized carbons (Fsp3) is 0.941. The summed E-state index contributed by atoms with van der Waals surface area (Å²) in [5.74, 6) is 0. The molecular weight excluding hydrogens is 312 g/mol. The van der Waals surface area contributed by atoms with Crippen molar-refractivity contribution in [3.05, 3.63) is 0 Å². The number of hydrogen-bond acceptors (Lipinski definition) is 4. The van der Waals surface area contributed by atoms with Gasteiger partial charge in [0.2, 0.25) is 0 Å². The highest BCUT2D eigenvalue weighted by Gasteiger charge is 2.58. The number of carbonyl (C=O) groups excluding carboxylic acids is 1. The lowest BCUT2D eigenvalue weighted by molar-refractivity contribution is 0.00534. The third-order valence-electron chi connectivity index (χ3n) is 4.90. The second-order valence-corrected chi connectivity index (χ2v) is 10.9. The minimum atomic E-state index is -1.15. The van der Waals surface area contributed by atoms with Gasteiger partial charge in [-0.1, -0.05) is 0 Å². The molecule has 2 unspecified atom stereocenters. The van der Waals surface area contributed by atoms with Crippen molar-refractivity contribution in [2.75, 3.05) is 0 Å². The molecule has 134 valence electrons. The van der Waals surface area contributed by atoms with Crippen LogP contribution in [-0.2, 0) is 16.1 Å². The molecule has 0 spiro atoms. The highest BCUT2D eigenvalue weighted by Crippen LogP contribution is 2.49. The summed E-state index contributed by atoms with van der Waals surface area (Å²) in [6.45, 7) is 13.6. The highest BCUT2D eigenvalue weighted by molar-refractivity contribution is 7.90.